The van der Waals surface area contributed by atoms with E-state index in [4.69, 9.17) is 9.47 Å². The minimum atomic E-state index is -1.31. The SMILES string of the molecule is C=C(CC[C@@H](C)[C@H]1[C@@H](O)CC2[C@H]3C(CC[C@@]21C)[C@@]1(C)CC[C@H](OC2O[C@@H](C)[C@@H](O)[C@@H](O)[C@@H]2O)CC1=C[C@@H]3O)C(C)C. The molecule has 4 fully saturated rings. The summed E-state index contributed by atoms with van der Waals surface area (Å²) in [6, 6.07) is 0. The molecule has 234 valence electrons. The summed E-state index contributed by atoms with van der Waals surface area (Å²) in [4.78, 5) is 0. The van der Waals surface area contributed by atoms with Gasteiger partial charge < -0.3 is 35.0 Å². The summed E-state index contributed by atoms with van der Waals surface area (Å²) in [5.74, 6) is 1.90. The number of ether oxygens (including phenoxy) is 2. The van der Waals surface area contributed by atoms with E-state index in [2.05, 4.69) is 47.3 Å². The van der Waals surface area contributed by atoms with Crippen molar-refractivity contribution < 1.29 is 35.0 Å². The molecule has 7 nitrogen and oxygen atoms in total. The summed E-state index contributed by atoms with van der Waals surface area (Å²) in [5, 5.41) is 53.9. The highest BCUT2D eigenvalue weighted by Gasteiger charge is 2.63. The topological polar surface area (TPSA) is 120 Å². The fourth-order valence-corrected chi connectivity index (χ4v) is 10.0. The van der Waals surface area contributed by atoms with Gasteiger partial charge in [0.1, 0.15) is 18.3 Å². The third-order valence-electron chi connectivity index (χ3n) is 12.7. The van der Waals surface area contributed by atoms with E-state index in [1.165, 1.54) is 11.1 Å². The van der Waals surface area contributed by atoms with E-state index in [0.717, 1.165) is 44.9 Å². The first-order valence-electron chi connectivity index (χ1n) is 16.3. The first-order valence-corrected chi connectivity index (χ1v) is 16.3. The Morgan fingerprint density at radius 2 is 1.73 bits per heavy atom. The summed E-state index contributed by atoms with van der Waals surface area (Å²) in [6.45, 7) is 17.4. The Hall–Kier alpha value is -0.800. The normalized spacial score (nSPS) is 50.5. The molecule has 3 saturated carbocycles. The van der Waals surface area contributed by atoms with E-state index < -0.39 is 36.8 Å². The van der Waals surface area contributed by atoms with Crippen LogP contribution in [-0.4, -0.2) is 74.6 Å². The van der Waals surface area contributed by atoms with Crippen LogP contribution < -0.4 is 0 Å². The van der Waals surface area contributed by atoms with Crippen molar-refractivity contribution >= 4 is 0 Å². The number of hydrogen-bond donors (Lipinski definition) is 5. The lowest BCUT2D eigenvalue weighted by molar-refractivity contribution is -0.306. The molecule has 3 unspecified atom stereocenters. The molecule has 1 saturated heterocycles. The predicted octanol–water partition coefficient (Wildman–Crippen LogP) is 4.35. The summed E-state index contributed by atoms with van der Waals surface area (Å²) >= 11 is 0. The van der Waals surface area contributed by atoms with Gasteiger partial charge in [0.05, 0.1) is 24.4 Å². The number of fused-ring (bicyclic) bond motifs is 5. The van der Waals surface area contributed by atoms with Crippen LogP contribution in [0, 0.1) is 46.3 Å². The fraction of sp³-hybridized carbons (Fsp3) is 0.882. The van der Waals surface area contributed by atoms with Crippen LogP contribution >= 0.6 is 0 Å². The second-order valence-electron chi connectivity index (χ2n) is 15.3. The Morgan fingerprint density at radius 3 is 2.41 bits per heavy atom. The maximum absolute atomic E-state index is 11.7. The zero-order valence-electron chi connectivity index (χ0n) is 26.1. The average Bonchev–Trinajstić information content (AvgIpc) is 3.19. The van der Waals surface area contributed by atoms with Crippen LogP contribution in [-0.2, 0) is 9.47 Å². The third-order valence-corrected chi connectivity index (χ3v) is 12.7. The molecule has 4 aliphatic carbocycles. The van der Waals surface area contributed by atoms with Crippen molar-refractivity contribution in [3.8, 4) is 0 Å². The van der Waals surface area contributed by atoms with Crippen LogP contribution in [0.4, 0.5) is 0 Å². The molecule has 0 radical (unpaired) electrons. The second kappa shape index (κ2) is 11.6. The summed E-state index contributed by atoms with van der Waals surface area (Å²) in [5.41, 5.74) is 2.49. The van der Waals surface area contributed by atoms with Crippen LogP contribution in [0.5, 0.6) is 0 Å². The largest absolute Gasteiger partial charge is 0.393 e. The Morgan fingerprint density at radius 1 is 1.02 bits per heavy atom. The van der Waals surface area contributed by atoms with Crippen molar-refractivity contribution in [1.29, 1.82) is 0 Å². The molecular weight excluding hydrogens is 520 g/mol. The first kappa shape index (κ1) is 31.6. The standard InChI is InChI=1S/C34H56O7/c1-17(2)18(3)8-9-19(4)28-26(36)16-24-27-23(11-13-34(24,28)7)33(6)12-10-22(14-21(33)15-25(27)35)41-32-31(39)30(38)29(37)20(5)40-32/h15,17,19-20,22-32,35-39H,3,8-14,16H2,1-2,4-7H3/t19-,20+,22+,23?,24?,25+,26+,27-,28+,29-,30-,31+,32?,33+,34+/m1/s1. The molecule has 5 N–H and O–H groups in total. The van der Waals surface area contributed by atoms with Gasteiger partial charge >= 0.3 is 0 Å². The molecule has 0 aromatic carbocycles. The lowest BCUT2D eigenvalue weighted by Gasteiger charge is -2.59. The van der Waals surface area contributed by atoms with Crippen LogP contribution in [0.1, 0.15) is 92.9 Å². The lowest BCUT2D eigenvalue weighted by atomic mass is 9.46. The molecule has 0 amide bonds. The first-order chi connectivity index (χ1) is 19.2. The maximum atomic E-state index is 11.7. The average molecular weight is 577 g/mol. The third kappa shape index (κ3) is 5.40. The highest BCUT2D eigenvalue weighted by molar-refractivity contribution is 5.28. The zero-order chi connectivity index (χ0) is 30.0. The molecule has 41 heavy (non-hydrogen) atoms. The maximum Gasteiger partial charge on any atom is 0.186 e. The minimum absolute atomic E-state index is 0.0126. The van der Waals surface area contributed by atoms with E-state index in [-0.39, 0.29) is 40.8 Å². The number of aliphatic hydroxyl groups excluding tert-OH is 5. The van der Waals surface area contributed by atoms with E-state index >= 15 is 0 Å². The Kier molecular flexibility index (Phi) is 8.95. The molecule has 0 aromatic rings. The van der Waals surface area contributed by atoms with Gasteiger partial charge in [0.2, 0.25) is 0 Å². The Bertz CT molecular complexity index is 996. The smallest absolute Gasteiger partial charge is 0.186 e. The molecule has 5 rings (SSSR count). The van der Waals surface area contributed by atoms with Crippen molar-refractivity contribution in [3.05, 3.63) is 23.8 Å². The minimum Gasteiger partial charge on any atom is -0.393 e. The van der Waals surface area contributed by atoms with Crippen LogP contribution in [0.15, 0.2) is 23.8 Å². The van der Waals surface area contributed by atoms with Gasteiger partial charge in [-0.15, -0.1) is 0 Å². The highest BCUT2D eigenvalue weighted by Crippen LogP contribution is 2.67. The van der Waals surface area contributed by atoms with Crippen LogP contribution in [0.25, 0.3) is 0 Å². The summed E-state index contributed by atoms with van der Waals surface area (Å²) in [6.07, 6.45) is 2.92. The van der Waals surface area contributed by atoms with Gasteiger partial charge in [-0.3, -0.25) is 0 Å². The van der Waals surface area contributed by atoms with Crippen molar-refractivity contribution in [2.45, 2.75) is 142 Å². The summed E-state index contributed by atoms with van der Waals surface area (Å²) < 4.78 is 11.9. The molecule has 0 spiro atoms. The Balaban J connectivity index is 1.30. The highest BCUT2D eigenvalue weighted by atomic mass is 16.7. The predicted molar refractivity (Wildman–Crippen MR) is 158 cm³/mol. The lowest BCUT2D eigenvalue weighted by Crippen LogP contribution is -2.58. The van der Waals surface area contributed by atoms with Gasteiger partial charge in [-0.05, 0) is 105 Å². The number of aliphatic hydroxyl groups is 5. The number of allylic oxidation sites excluding steroid dienone is 1. The van der Waals surface area contributed by atoms with Crippen molar-refractivity contribution in [3.63, 3.8) is 0 Å². The molecular formula is C34H56O7. The van der Waals surface area contributed by atoms with Gasteiger partial charge in [0.25, 0.3) is 0 Å². The van der Waals surface area contributed by atoms with Crippen LogP contribution in [0.2, 0.25) is 0 Å². The van der Waals surface area contributed by atoms with Crippen molar-refractivity contribution in [2.24, 2.45) is 46.3 Å². The van der Waals surface area contributed by atoms with Crippen molar-refractivity contribution in [2.75, 3.05) is 0 Å². The van der Waals surface area contributed by atoms with Gasteiger partial charge in [0, 0.05) is 0 Å². The van der Waals surface area contributed by atoms with Crippen molar-refractivity contribution in [1.82, 2.24) is 0 Å². The van der Waals surface area contributed by atoms with Gasteiger partial charge in [0.15, 0.2) is 6.29 Å². The van der Waals surface area contributed by atoms with E-state index in [1.807, 2.05) is 0 Å². The monoisotopic (exact) mass is 576 g/mol. The van der Waals surface area contributed by atoms with Crippen LogP contribution in [0.3, 0.4) is 0 Å². The molecule has 0 aromatic heterocycles. The number of rotatable bonds is 7. The van der Waals surface area contributed by atoms with Gasteiger partial charge in [-0.2, -0.15) is 0 Å². The zero-order valence-corrected chi connectivity index (χ0v) is 26.1. The van der Waals surface area contributed by atoms with Gasteiger partial charge in [-0.25, -0.2) is 0 Å². The molecule has 1 heterocycles. The summed E-state index contributed by atoms with van der Waals surface area (Å²) in [7, 11) is 0. The van der Waals surface area contributed by atoms with Gasteiger partial charge in [-0.1, -0.05) is 58.4 Å². The molecule has 5 aliphatic rings. The quantitative estimate of drug-likeness (QED) is 0.286. The van der Waals surface area contributed by atoms with E-state index in [1.54, 1.807) is 6.92 Å². The van der Waals surface area contributed by atoms with E-state index in [9.17, 15) is 25.5 Å². The fourth-order valence-electron chi connectivity index (χ4n) is 10.0. The molecule has 15 atom stereocenters. The van der Waals surface area contributed by atoms with E-state index in [0.29, 0.717) is 24.2 Å². The second-order valence-corrected chi connectivity index (χ2v) is 15.3. The Labute approximate surface area is 247 Å². The molecule has 1 aliphatic heterocycles. The number of hydrogen-bond acceptors (Lipinski definition) is 7. The molecule has 0 bridgehead atoms. The molecule has 7 heteroatoms.